The second-order valence-corrected chi connectivity index (χ2v) is 10.1. The van der Waals surface area contributed by atoms with Crippen LogP contribution < -0.4 is 14.2 Å². The molecule has 5 aromatic rings. The van der Waals surface area contributed by atoms with Crippen LogP contribution in [0.25, 0.3) is 30.4 Å². The van der Waals surface area contributed by atoms with Gasteiger partial charge in [-0.3, -0.25) is 0 Å². The fourth-order valence-electron chi connectivity index (χ4n) is 4.28. The van der Waals surface area contributed by atoms with Crippen molar-refractivity contribution in [1.29, 1.82) is 0 Å². The molecular weight excluding hydrogens is 588 g/mol. The maximum Gasteiger partial charge on any atom is 0.336 e. The van der Waals surface area contributed by atoms with Gasteiger partial charge in [-0.25, -0.2) is 14.4 Å². The first-order valence-corrected chi connectivity index (χ1v) is 14.8. The lowest BCUT2D eigenvalue weighted by Gasteiger charge is -2.08. The molecule has 0 aromatic heterocycles. The number of benzene rings is 5. The van der Waals surface area contributed by atoms with E-state index in [4.69, 9.17) is 14.2 Å². The lowest BCUT2D eigenvalue weighted by molar-refractivity contribution is -0.130. The number of carbonyl (C=O) groups is 3. The van der Waals surface area contributed by atoms with Gasteiger partial charge in [0.15, 0.2) is 0 Å². The van der Waals surface area contributed by atoms with Crippen LogP contribution in [0.15, 0.2) is 152 Å². The summed E-state index contributed by atoms with van der Waals surface area (Å²) in [5, 5.41) is 0. The third-order valence-corrected chi connectivity index (χ3v) is 6.54. The highest BCUT2D eigenvalue weighted by Crippen LogP contribution is 2.26. The van der Waals surface area contributed by atoms with Gasteiger partial charge in [-0.2, -0.15) is 0 Å². The van der Waals surface area contributed by atoms with Gasteiger partial charge in [0, 0.05) is 24.3 Å². The Morgan fingerprint density at radius 2 is 0.681 bits per heavy atom. The number of rotatable bonds is 11. The fraction of sp³-hybridized carbons (Fsp3) is 0. The Morgan fingerprint density at radius 3 is 1.09 bits per heavy atom. The molecule has 0 N–H and O–H groups in total. The molecule has 5 rings (SSSR count). The van der Waals surface area contributed by atoms with Crippen LogP contribution in [-0.2, 0) is 14.4 Å². The first kappa shape index (κ1) is 31.9. The normalized spacial score (nSPS) is 11.3. The van der Waals surface area contributed by atoms with Crippen molar-refractivity contribution < 1.29 is 28.6 Å². The molecule has 0 amide bonds. The van der Waals surface area contributed by atoms with Gasteiger partial charge < -0.3 is 14.2 Å². The first-order valence-electron chi connectivity index (χ1n) is 14.8. The second-order valence-electron chi connectivity index (χ2n) is 10.1. The molecule has 0 heterocycles. The smallest absolute Gasteiger partial charge is 0.336 e. The summed E-state index contributed by atoms with van der Waals surface area (Å²) >= 11 is 0. The molecule has 0 fully saturated rings. The molecule has 0 atom stereocenters. The van der Waals surface area contributed by atoms with E-state index >= 15 is 0 Å². The first-order chi connectivity index (χ1) is 23.0. The number of hydrogen-bond acceptors (Lipinski definition) is 6. The summed E-state index contributed by atoms with van der Waals surface area (Å²) in [5.74, 6) is -0.839. The zero-order valence-electron chi connectivity index (χ0n) is 25.3. The van der Waals surface area contributed by atoms with E-state index < -0.39 is 17.9 Å². The van der Waals surface area contributed by atoms with Crippen molar-refractivity contribution in [3.8, 4) is 17.2 Å². The summed E-state index contributed by atoms with van der Waals surface area (Å²) in [6, 6.07) is 40.0. The van der Waals surface area contributed by atoms with Crippen molar-refractivity contribution in [2.45, 2.75) is 0 Å². The molecule has 0 bridgehead atoms. The molecular formula is C41H30O6. The van der Waals surface area contributed by atoms with E-state index in [0.717, 1.165) is 22.3 Å². The van der Waals surface area contributed by atoms with Crippen molar-refractivity contribution in [1.82, 2.24) is 0 Å². The monoisotopic (exact) mass is 618 g/mol. The van der Waals surface area contributed by atoms with Crippen molar-refractivity contribution >= 4 is 48.3 Å². The van der Waals surface area contributed by atoms with Gasteiger partial charge >= 0.3 is 17.9 Å². The highest BCUT2D eigenvalue weighted by molar-refractivity contribution is 5.90. The summed E-state index contributed by atoms with van der Waals surface area (Å²) in [6.45, 7) is 0. The van der Waals surface area contributed by atoms with Gasteiger partial charge in [0.2, 0.25) is 0 Å². The van der Waals surface area contributed by atoms with Crippen LogP contribution in [0.2, 0.25) is 0 Å². The van der Waals surface area contributed by atoms with Gasteiger partial charge in [0.25, 0.3) is 0 Å². The lowest BCUT2D eigenvalue weighted by atomic mass is 10.1. The van der Waals surface area contributed by atoms with Crippen LogP contribution in [0.5, 0.6) is 17.2 Å². The number of ether oxygens (including phenoxy) is 3. The van der Waals surface area contributed by atoms with Crippen molar-refractivity contribution in [2.24, 2.45) is 0 Å². The Labute approximate surface area is 273 Å². The van der Waals surface area contributed by atoms with Crippen LogP contribution in [0.1, 0.15) is 27.8 Å². The molecule has 0 unspecified atom stereocenters. The van der Waals surface area contributed by atoms with Gasteiger partial charge in [-0.15, -0.1) is 0 Å². The fourth-order valence-corrected chi connectivity index (χ4v) is 4.28. The van der Waals surface area contributed by atoms with E-state index in [0.29, 0.717) is 11.3 Å². The Morgan fingerprint density at radius 1 is 0.340 bits per heavy atom. The predicted octanol–water partition coefficient (Wildman–Crippen LogP) is 8.71. The van der Waals surface area contributed by atoms with Gasteiger partial charge in [-0.1, -0.05) is 115 Å². The standard InChI is InChI=1S/C41H30O6/c42-39(25-20-31-10-4-1-5-11-31)45-36-23-18-34(19-24-36)16-17-35-28-37(46-40(43)26-21-32-12-6-2-7-13-32)30-38(29-35)47-41(44)27-22-33-14-8-3-9-15-33/h1-30H/b17-16+,25-20+,26-21+,27-22+. The summed E-state index contributed by atoms with van der Waals surface area (Å²) in [4.78, 5) is 37.4. The van der Waals surface area contributed by atoms with Gasteiger partial charge in [-0.05, 0) is 70.3 Å². The molecule has 0 aliphatic carbocycles. The molecule has 0 aliphatic heterocycles. The van der Waals surface area contributed by atoms with E-state index in [1.807, 2.05) is 97.1 Å². The maximum absolute atomic E-state index is 12.6. The minimum Gasteiger partial charge on any atom is -0.423 e. The third kappa shape index (κ3) is 10.8. The summed E-state index contributed by atoms with van der Waals surface area (Å²) in [5.41, 5.74) is 4.05. The second kappa shape index (κ2) is 16.5. The zero-order chi connectivity index (χ0) is 32.7. The number of carbonyl (C=O) groups excluding carboxylic acids is 3. The molecule has 0 aliphatic rings. The maximum atomic E-state index is 12.6. The Hall–Kier alpha value is -6.53. The molecule has 0 saturated carbocycles. The van der Waals surface area contributed by atoms with E-state index in [2.05, 4.69) is 0 Å². The minimum atomic E-state index is -0.583. The average Bonchev–Trinajstić information content (AvgIpc) is 3.10. The lowest BCUT2D eigenvalue weighted by Crippen LogP contribution is -2.06. The van der Waals surface area contributed by atoms with Crippen LogP contribution >= 0.6 is 0 Å². The largest absolute Gasteiger partial charge is 0.423 e. The Bertz CT molecular complexity index is 1840. The summed E-state index contributed by atoms with van der Waals surface area (Å²) < 4.78 is 16.5. The minimum absolute atomic E-state index is 0.204. The van der Waals surface area contributed by atoms with Crippen LogP contribution in [0.3, 0.4) is 0 Å². The van der Waals surface area contributed by atoms with E-state index in [1.165, 1.54) is 24.3 Å². The number of esters is 3. The Kier molecular flexibility index (Phi) is 11.2. The summed E-state index contributed by atoms with van der Waals surface area (Å²) in [6.07, 6.45) is 12.7. The highest BCUT2D eigenvalue weighted by atomic mass is 16.5. The quantitative estimate of drug-likeness (QED) is 0.0638. The molecule has 5 aromatic carbocycles. The van der Waals surface area contributed by atoms with Crippen LogP contribution in [-0.4, -0.2) is 17.9 Å². The number of hydrogen-bond donors (Lipinski definition) is 0. The molecule has 0 radical (unpaired) electrons. The molecule has 47 heavy (non-hydrogen) atoms. The molecule has 6 heteroatoms. The van der Waals surface area contributed by atoms with Crippen molar-refractivity contribution in [3.63, 3.8) is 0 Å². The van der Waals surface area contributed by atoms with Crippen LogP contribution in [0.4, 0.5) is 0 Å². The molecule has 0 saturated heterocycles. The topological polar surface area (TPSA) is 78.9 Å². The van der Waals surface area contributed by atoms with Crippen molar-refractivity contribution in [2.75, 3.05) is 0 Å². The Balaban J connectivity index is 1.28. The SMILES string of the molecule is O=C(/C=C/c1ccccc1)Oc1ccc(/C=C/c2cc(OC(=O)/C=C/c3ccccc3)cc(OC(=O)/C=C/c3ccccc3)c2)cc1. The highest BCUT2D eigenvalue weighted by Gasteiger charge is 2.09. The van der Waals surface area contributed by atoms with E-state index in [1.54, 1.807) is 60.7 Å². The van der Waals surface area contributed by atoms with Crippen LogP contribution in [0, 0.1) is 0 Å². The molecule has 6 nitrogen and oxygen atoms in total. The van der Waals surface area contributed by atoms with E-state index in [-0.39, 0.29) is 11.5 Å². The molecule has 0 spiro atoms. The van der Waals surface area contributed by atoms with Gasteiger partial charge in [0.1, 0.15) is 17.2 Å². The molecule has 230 valence electrons. The third-order valence-electron chi connectivity index (χ3n) is 6.54. The zero-order valence-corrected chi connectivity index (χ0v) is 25.3. The van der Waals surface area contributed by atoms with Crippen molar-refractivity contribution in [3.05, 3.63) is 180 Å². The van der Waals surface area contributed by atoms with Gasteiger partial charge in [0.05, 0.1) is 0 Å². The van der Waals surface area contributed by atoms with E-state index in [9.17, 15) is 14.4 Å². The average molecular weight is 619 g/mol. The summed E-state index contributed by atoms with van der Waals surface area (Å²) in [7, 11) is 0. The predicted molar refractivity (Wildman–Crippen MR) is 185 cm³/mol.